The fourth-order valence-corrected chi connectivity index (χ4v) is 5.05. The number of piperidine rings is 1. The molecule has 1 amide bonds. The van der Waals surface area contributed by atoms with E-state index < -0.39 is 0 Å². The van der Waals surface area contributed by atoms with Crippen molar-refractivity contribution < 1.29 is 4.79 Å². The number of aryl methyl sites for hydroxylation is 5. The van der Waals surface area contributed by atoms with Crippen LogP contribution in [0.3, 0.4) is 0 Å². The molecule has 0 spiro atoms. The SMILES string of the molecule is Cc1cc(C)cc(-c2cc3nc(C)cc(N4CCC(C(=O)Nc5cc(C)ccc5C)CC4)n3n2)c1. The predicted octanol–water partition coefficient (Wildman–Crippen LogP) is 5.79. The lowest BCUT2D eigenvalue weighted by molar-refractivity contribution is -0.120. The Morgan fingerprint density at radius 3 is 2.31 bits per heavy atom. The van der Waals surface area contributed by atoms with Crippen LogP contribution >= 0.6 is 0 Å². The van der Waals surface area contributed by atoms with Crippen LogP contribution in [0.25, 0.3) is 16.9 Å². The molecule has 2 aromatic heterocycles. The first-order chi connectivity index (χ1) is 16.8. The summed E-state index contributed by atoms with van der Waals surface area (Å²) >= 11 is 0. The second-order valence-electron chi connectivity index (χ2n) is 10.0. The van der Waals surface area contributed by atoms with E-state index in [2.05, 4.69) is 66.5 Å². The van der Waals surface area contributed by atoms with Gasteiger partial charge in [0.25, 0.3) is 0 Å². The molecule has 2 aromatic carbocycles. The Morgan fingerprint density at radius 2 is 1.60 bits per heavy atom. The minimum atomic E-state index is 0.00744. The molecule has 3 heterocycles. The Labute approximate surface area is 207 Å². The third kappa shape index (κ3) is 4.78. The zero-order chi connectivity index (χ0) is 24.7. The first-order valence-electron chi connectivity index (χ1n) is 12.4. The third-order valence-corrected chi connectivity index (χ3v) is 6.89. The predicted molar refractivity (Wildman–Crippen MR) is 142 cm³/mol. The largest absolute Gasteiger partial charge is 0.356 e. The van der Waals surface area contributed by atoms with E-state index in [1.54, 1.807) is 0 Å². The van der Waals surface area contributed by atoms with Gasteiger partial charge in [0.2, 0.25) is 5.91 Å². The number of carbonyl (C=O) groups is 1. The van der Waals surface area contributed by atoms with Gasteiger partial charge in [0.05, 0.1) is 5.69 Å². The molecule has 1 aliphatic rings. The highest BCUT2D eigenvalue weighted by atomic mass is 16.1. The number of benzene rings is 2. The van der Waals surface area contributed by atoms with Gasteiger partial charge in [-0.2, -0.15) is 9.61 Å². The van der Waals surface area contributed by atoms with Crippen molar-refractivity contribution in [1.82, 2.24) is 14.6 Å². The molecule has 35 heavy (non-hydrogen) atoms. The number of nitrogens with zero attached hydrogens (tertiary/aromatic N) is 4. The van der Waals surface area contributed by atoms with Crippen molar-refractivity contribution in [2.24, 2.45) is 5.92 Å². The minimum absolute atomic E-state index is 0.00744. The van der Waals surface area contributed by atoms with Crippen LogP contribution in [0, 0.1) is 40.5 Å². The molecule has 1 aliphatic heterocycles. The number of carbonyl (C=O) groups excluding carboxylic acids is 1. The van der Waals surface area contributed by atoms with E-state index in [0.29, 0.717) is 0 Å². The van der Waals surface area contributed by atoms with E-state index in [4.69, 9.17) is 10.1 Å². The first kappa shape index (κ1) is 23.1. The molecule has 1 fully saturated rings. The van der Waals surface area contributed by atoms with E-state index in [-0.39, 0.29) is 11.8 Å². The Kier molecular flexibility index (Phi) is 6.05. The highest BCUT2D eigenvalue weighted by Crippen LogP contribution is 2.29. The van der Waals surface area contributed by atoms with Crippen LogP contribution in [0.2, 0.25) is 0 Å². The van der Waals surface area contributed by atoms with Crippen LogP contribution in [0.4, 0.5) is 11.5 Å². The van der Waals surface area contributed by atoms with Crippen LogP contribution in [0.5, 0.6) is 0 Å². The lowest BCUT2D eigenvalue weighted by Crippen LogP contribution is -2.39. The Morgan fingerprint density at radius 1 is 0.886 bits per heavy atom. The van der Waals surface area contributed by atoms with Crippen molar-refractivity contribution in [2.45, 2.75) is 47.5 Å². The molecule has 5 rings (SSSR count). The topological polar surface area (TPSA) is 62.5 Å². The number of hydrogen-bond acceptors (Lipinski definition) is 4. The summed E-state index contributed by atoms with van der Waals surface area (Å²) in [7, 11) is 0. The van der Waals surface area contributed by atoms with Gasteiger partial charge in [-0.25, -0.2) is 4.98 Å². The standard InChI is InChI=1S/C29H33N5O/c1-18-6-7-21(4)25(15-18)31-29(35)23-8-10-33(11-9-23)28-16-22(5)30-27-17-26(32-34(27)28)24-13-19(2)12-20(3)14-24/h6-7,12-17,23H,8-11H2,1-5H3,(H,31,35). The highest BCUT2D eigenvalue weighted by Gasteiger charge is 2.27. The van der Waals surface area contributed by atoms with Crippen molar-refractivity contribution in [3.63, 3.8) is 0 Å². The monoisotopic (exact) mass is 467 g/mol. The minimum Gasteiger partial charge on any atom is -0.356 e. The summed E-state index contributed by atoms with van der Waals surface area (Å²) in [6.45, 7) is 11.9. The van der Waals surface area contributed by atoms with E-state index >= 15 is 0 Å². The third-order valence-electron chi connectivity index (χ3n) is 6.89. The Balaban J connectivity index is 1.35. The van der Waals surface area contributed by atoms with Crippen molar-refractivity contribution in [3.8, 4) is 11.3 Å². The average Bonchev–Trinajstić information content (AvgIpc) is 3.24. The number of rotatable bonds is 4. The van der Waals surface area contributed by atoms with Crippen LogP contribution in [0.15, 0.2) is 48.5 Å². The summed E-state index contributed by atoms with van der Waals surface area (Å²) in [6, 6.07) is 16.8. The average molecular weight is 468 g/mol. The Hall–Kier alpha value is -3.67. The van der Waals surface area contributed by atoms with Gasteiger partial charge in [0, 0.05) is 48.1 Å². The lowest BCUT2D eigenvalue weighted by Gasteiger charge is -2.33. The summed E-state index contributed by atoms with van der Waals surface area (Å²) in [5.41, 5.74) is 9.46. The van der Waals surface area contributed by atoms with Crippen molar-refractivity contribution in [3.05, 3.63) is 76.5 Å². The van der Waals surface area contributed by atoms with E-state index in [9.17, 15) is 4.79 Å². The van der Waals surface area contributed by atoms with Gasteiger partial charge in [0.15, 0.2) is 5.65 Å². The van der Waals surface area contributed by atoms with Gasteiger partial charge >= 0.3 is 0 Å². The van der Waals surface area contributed by atoms with Gasteiger partial charge in [0.1, 0.15) is 5.82 Å². The fraction of sp³-hybridized carbons (Fsp3) is 0.345. The quantitative estimate of drug-likeness (QED) is 0.412. The second kappa shape index (κ2) is 9.17. The van der Waals surface area contributed by atoms with Crippen molar-refractivity contribution in [1.29, 1.82) is 0 Å². The summed E-state index contributed by atoms with van der Waals surface area (Å²) < 4.78 is 1.95. The summed E-state index contributed by atoms with van der Waals surface area (Å²) in [5, 5.41) is 8.10. The number of aromatic nitrogens is 3. The number of amides is 1. The van der Waals surface area contributed by atoms with E-state index in [0.717, 1.165) is 71.2 Å². The van der Waals surface area contributed by atoms with Crippen LogP contribution < -0.4 is 10.2 Å². The zero-order valence-corrected chi connectivity index (χ0v) is 21.2. The number of anilines is 2. The molecule has 0 aliphatic carbocycles. The van der Waals surface area contributed by atoms with Gasteiger partial charge < -0.3 is 10.2 Å². The van der Waals surface area contributed by atoms with Gasteiger partial charge in [-0.1, -0.05) is 29.3 Å². The van der Waals surface area contributed by atoms with E-state index in [1.807, 2.05) is 31.4 Å². The lowest BCUT2D eigenvalue weighted by atomic mass is 9.95. The zero-order valence-electron chi connectivity index (χ0n) is 21.2. The fourth-order valence-electron chi connectivity index (χ4n) is 5.05. The van der Waals surface area contributed by atoms with Crippen molar-refractivity contribution >= 4 is 23.1 Å². The normalized spacial score (nSPS) is 14.5. The van der Waals surface area contributed by atoms with Gasteiger partial charge in [-0.05, 0) is 76.8 Å². The molecule has 0 unspecified atom stereocenters. The molecule has 6 heteroatoms. The number of fused-ring (bicyclic) bond motifs is 1. The van der Waals surface area contributed by atoms with Crippen molar-refractivity contribution in [2.75, 3.05) is 23.3 Å². The first-order valence-corrected chi connectivity index (χ1v) is 12.4. The molecular formula is C29H33N5O. The maximum absolute atomic E-state index is 13.0. The van der Waals surface area contributed by atoms with Crippen LogP contribution in [0.1, 0.15) is 40.8 Å². The molecule has 0 saturated carbocycles. The maximum Gasteiger partial charge on any atom is 0.227 e. The molecule has 1 saturated heterocycles. The second-order valence-corrected chi connectivity index (χ2v) is 10.0. The number of nitrogens with one attached hydrogen (secondary N) is 1. The molecule has 1 N–H and O–H groups in total. The van der Waals surface area contributed by atoms with Gasteiger partial charge in [-0.15, -0.1) is 0 Å². The molecule has 180 valence electrons. The van der Waals surface area contributed by atoms with Crippen LogP contribution in [-0.2, 0) is 4.79 Å². The molecule has 6 nitrogen and oxygen atoms in total. The Bertz CT molecular complexity index is 1390. The molecular weight excluding hydrogens is 434 g/mol. The maximum atomic E-state index is 13.0. The highest BCUT2D eigenvalue weighted by molar-refractivity contribution is 5.93. The smallest absolute Gasteiger partial charge is 0.227 e. The number of hydrogen-bond donors (Lipinski definition) is 1. The van der Waals surface area contributed by atoms with E-state index in [1.165, 1.54) is 11.1 Å². The summed E-state index contributed by atoms with van der Waals surface area (Å²) in [6.07, 6.45) is 1.62. The molecule has 0 atom stereocenters. The summed E-state index contributed by atoms with van der Waals surface area (Å²) in [5.74, 6) is 1.16. The van der Waals surface area contributed by atoms with Gasteiger partial charge in [-0.3, -0.25) is 4.79 Å². The summed E-state index contributed by atoms with van der Waals surface area (Å²) in [4.78, 5) is 20.1. The molecule has 4 aromatic rings. The molecule has 0 bridgehead atoms. The molecule has 0 radical (unpaired) electrons. The van der Waals surface area contributed by atoms with Crippen LogP contribution in [-0.4, -0.2) is 33.6 Å².